The highest BCUT2D eigenvalue weighted by atomic mass is 35.5. The SMILES string of the molecule is CC(C)(C)c1c(CCl)cccc1C(=O)O. The van der Waals surface area contributed by atoms with E-state index in [1.54, 1.807) is 12.1 Å². The van der Waals surface area contributed by atoms with Gasteiger partial charge in [-0.15, -0.1) is 11.6 Å². The number of carboxylic acids is 1. The standard InChI is InChI=1S/C12H15ClO2/c1-12(2,3)10-8(7-13)5-4-6-9(10)11(14)15/h4-6H,7H2,1-3H3,(H,14,15). The molecule has 2 nitrogen and oxygen atoms in total. The summed E-state index contributed by atoms with van der Waals surface area (Å²) in [6.45, 7) is 5.97. The van der Waals surface area contributed by atoms with E-state index in [9.17, 15) is 4.79 Å². The molecular weight excluding hydrogens is 212 g/mol. The Morgan fingerprint density at radius 1 is 1.40 bits per heavy atom. The van der Waals surface area contributed by atoms with E-state index in [4.69, 9.17) is 16.7 Å². The number of hydrogen-bond acceptors (Lipinski definition) is 1. The fraction of sp³-hybridized carbons (Fsp3) is 0.417. The van der Waals surface area contributed by atoms with Gasteiger partial charge in [0.05, 0.1) is 5.56 Å². The maximum absolute atomic E-state index is 11.1. The molecule has 82 valence electrons. The highest BCUT2D eigenvalue weighted by molar-refractivity contribution is 6.17. The van der Waals surface area contributed by atoms with Gasteiger partial charge in [0, 0.05) is 5.88 Å². The predicted molar refractivity (Wildman–Crippen MR) is 61.7 cm³/mol. The molecule has 0 aliphatic rings. The molecule has 1 aromatic rings. The zero-order valence-corrected chi connectivity index (χ0v) is 9.93. The Kier molecular flexibility index (Phi) is 3.40. The third-order valence-electron chi connectivity index (χ3n) is 2.28. The van der Waals surface area contributed by atoms with E-state index >= 15 is 0 Å². The average Bonchev–Trinajstić information content (AvgIpc) is 2.15. The molecule has 1 N–H and O–H groups in total. The van der Waals surface area contributed by atoms with Gasteiger partial charge in [-0.25, -0.2) is 4.79 Å². The minimum Gasteiger partial charge on any atom is -0.478 e. The second-order valence-electron chi connectivity index (χ2n) is 4.53. The number of benzene rings is 1. The molecule has 0 amide bonds. The monoisotopic (exact) mass is 226 g/mol. The summed E-state index contributed by atoms with van der Waals surface area (Å²) in [6.07, 6.45) is 0. The summed E-state index contributed by atoms with van der Waals surface area (Å²) in [6, 6.07) is 5.23. The molecule has 0 spiro atoms. The van der Waals surface area contributed by atoms with Crippen LogP contribution in [0.3, 0.4) is 0 Å². The van der Waals surface area contributed by atoms with E-state index in [-0.39, 0.29) is 5.41 Å². The van der Waals surface area contributed by atoms with Crippen molar-refractivity contribution in [3.8, 4) is 0 Å². The topological polar surface area (TPSA) is 37.3 Å². The molecule has 1 aromatic carbocycles. The number of hydrogen-bond donors (Lipinski definition) is 1. The number of aromatic carboxylic acids is 1. The first kappa shape index (κ1) is 12.1. The van der Waals surface area contributed by atoms with Crippen molar-refractivity contribution in [2.24, 2.45) is 0 Å². The highest BCUT2D eigenvalue weighted by Crippen LogP contribution is 2.30. The van der Waals surface area contributed by atoms with E-state index in [1.807, 2.05) is 26.8 Å². The second-order valence-corrected chi connectivity index (χ2v) is 4.80. The van der Waals surface area contributed by atoms with E-state index in [1.165, 1.54) is 0 Å². The van der Waals surface area contributed by atoms with Crippen molar-refractivity contribution in [3.05, 3.63) is 34.9 Å². The van der Waals surface area contributed by atoms with Crippen LogP contribution in [-0.4, -0.2) is 11.1 Å². The Labute approximate surface area is 94.9 Å². The van der Waals surface area contributed by atoms with Gasteiger partial charge in [-0.1, -0.05) is 32.9 Å². The zero-order valence-electron chi connectivity index (χ0n) is 9.17. The summed E-state index contributed by atoms with van der Waals surface area (Å²) >= 11 is 5.82. The van der Waals surface area contributed by atoms with Crippen LogP contribution in [0.4, 0.5) is 0 Å². The normalized spacial score (nSPS) is 11.5. The Morgan fingerprint density at radius 2 is 2.00 bits per heavy atom. The molecule has 0 radical (unpaired) electrons. The number of rotatable bonds is 2. The van der Waals surface area contributed by atoms with Crippen molar-refractivity contribution in [3.63, 3.8) is 0 Å². The molecule has 0 fully saturated rings. The van der Waals surface area contributed by atoms with Crippen LogP contribution in [-0.2, 0) is 11.3 Å². The van der Waals surface area contributed by atoms with Crippen molar-refractivity contribution >= 4 is 17.6 Å². The van der Waals surface area contributed by atoms with Crippen molar-refractivity contribution in [1.29, 1.82) is 0 Å². The summed E-state index contributed by atoms with van der Waals surface area (Å²) in [7, 11) is 0. The fourth-order valence-electron chi connectivity index (χ4n) is 1.78. The molecule has 0 aromatic heterocycles. The third kappa shape index (κ3) is 2.51. The van der Waals surface area contributed by atoms with Gasteiger partial charge in [0.2, 0.25) is 0 Å². The van der Waals surface area contributed by atoms with Crippen LogP contribution in [0, 0.1) is 0 Å². The molecule has 0 aliphatic carbocycles. The van der Waals surface area contributed by atoms with E-state index < -0.39 is 5.97 Å². The first-order valence-electron chi connectivity index (χ1n) is 4.79. The van der Waals surface area contributed by atoms with Crippen LogP contribution in [0.5, 0.6) is 0 Å². The number of halogens is 1. The van der Waals surface area contributed by atoms with Gasteiger partial charge in [-0.05, 0) is 22.6 Å². The smallest absolute Gasteiger partial charge is 0.335 e. The molecule has 0 heterocycles. The molecule has 0 atom stereocenters. The van der Waals surface area contributed by atoms with Gasteiger partial charge < -0.3 is 5.11 Å². The van der Waals surface area contributed by atoms with Crippen LogP contribution >= 0.6 is 11.6 Å². The van der Waals surface area contributed by atoms with Gasteiger partial charge in [-0.2, -0.15) is 0 Å². The molecule has 0 unspecified atom stereocenters. The summed E-state index contributed by atoms with van der Waals surface area (Å²) in [5.41, 5.74) is 1.86. The zero-order chi connectivity index (χ0) is 11.6. The Morgan fingerprint density at radius 3 is 2.40 bits per heavy atom. The second kappa shape index (κ2) is 4.23. The minimum absolute atomic E-state index is 0.209. The summed E-state index contributed by atoms with van der Waals surface area (Å²) in [4.78, 5) is 11.1. The molecule has 3 heteroatoms. The lowest BCUT2D eigenvalue weighted by atomic mass is 9.81. The molecule has 1 rings (SSSR count). The van der Waals surface area contributed by atoms with Crippen LogP contribution in [0.15, 0.2) is 18.2 Å². The van der Waals surface area contributed by atoms with Gasteiger partial charge in [-0.3, -0.25) is 0 Å². The molecule has 0 aliphatic heterocycles. The van der Waals surface area contributed by atoms with Crippen LogP contribution in [0.25, 0.3) is 0 Å². The lowest BCUT2D eigenvalue weighted by molar-refractivity contribution is 0.0694. The van der Waals surface area contributed by atoms with E-state index in [0.717, 1.165) is 11.1 Å². The van der Waals surface area contributed by atoms with Crippen molar-refractivity contribution < 1.29 is 9.90 Å². The lowest BCUT2D eigenvalue weighted by Crippen LogP contribution is -2.19. The molecule has 0 bridgehead atoms. The Bertz CT molecular complexity index is 378. The largest absolute Gasteiger partial charge is 0.478 e. The number of carboxylic acid groups (broad SMARTS) is 1. The first-order valence-corrected chi connectivity index (χ1v) is 5.33. The average molecular weight is 227 g/mol. The minimum atomic E-state index is -0.896. The predicted octanol–water partition coefficient (Wildman–Crippen LogP) is 3.42. The first-order chi connectivity index (χ1) is 6.88. The summed E-state index contributed by atoms with van der Waals surface area (Å²) in [5.74, 6) is -0.555. The quantitative estimate of drug-likeness (QED) is 0.785. The van der Waals surface area contributed by atoms with Crippen molar-refractivity contribution in [1.82, 2.24) is 0 Å². The molecular formula is C12H15ClO2. The number of carbonyl (C=O) groups is 1. The Balaban J connectivity index is 3.47. The number of alkyl halides is 1. The van der Waals surface area contributed by atoms with E-state index in [0.29, 0.717) is 11.4 Å². The third-order valence-corrected chi connectivity index (χ3v) is 2.56. The van der Waals surface area contributed by atoms with Gasteiger partial charge in [0.15, 0.2) is 0 Å². The maximum Gasteiger partial charge on any atom is 0.335 e. The van der Waals surface area contributed by atoms with Crippen LogP contribution < -0.4 is 0 Å². The summed E-state index contributed by atoms with van der Waals surface area (Å²) < 4.78 is 0. The van der Waals surface area contributed by atoms with Gasteiger partial charge >= 0.3 is 5.97 Å². The maximum atomic E-state index is 11.1. The molecule has 0 saturated carbocycles. The molecule has 15 heavy (non-hydrogen) atoms. The van der Waals surface area contributed by atoms with E-state index in [2.05, 4.69) is 0 Å². The van der Waals surface area contributed by atoms with Crippen molar-refractivity contribution in [2.45, 2.75) is 32.1 Å². The van der Waals surface area contributed by atoms with Crippen LogP contribution in [0.2, 0.25) is 0 Å². The fourth-order valence-corrected chi connectivity index (χ4v) is 2.00. The Hall–Kier alpha value is -1.02. The van der Waals surface area contributed by atoms with Gasteiger partial charge in [0.25, 0.3) is 0 Å². The molecule has 0 saturated heterocycles. The van der Waals surface area contributed by atoms with Crippen molar-refractivity contribution in [2.75, 3.05) is 0 Å². The highest BCUT2D eigenvalue weighted by Gasteiger charge is 2.24. The van der Waals surface area contributed by atoms with Gasteiger partial charge in [0.1, 0.15) is 0 Å². The van der Waals surface area contributed by atoms with Crippen LogP contribution in [0.1, 0.15) is 42.3 Å². The summed E-state index contributed by atoms with van der Waals surface area (Å²) in [5, 5.41) is 9.11. The lowest BCUT2D eigenvalue weighted by Gasteiger charge is -2.24.